The number of hydrogen-bond acceptors (Lipinski definition) is 3. The van der Waals surface area contributed by atoms with Gasteiger partial charge in [0, 0.05) is 13.6 Å². The van der Waals surface area contributed by atoms with Gasteiger partial charge in [-0.15, -0.1) is 0 Å². The van der Waals surface area contributed by atoms with Crippen LogP contribution in [-0.2, 0) is 11.2 Å². The summed E-state index contributed by atoms with van der Waals surface area (Å²) in [5, 5.41) is 0. The van der Waals surface area contributed by atoms with Crippen molar-refractivity contribution in [2.45, 2.75) is 13.3 Å². The summed E-state index contributed by atoms with van der Waals surface area (Å²) in [6.45, 7) is 4.36. The number of rotatable bonds is 4. The zero-order chi connectivity index (χ0) is 13.1. The minimum Gasteiger partial charge on any atom is -0.482 e. The van der Waals surface area contributed by atoms with Crippen molar-refractivity contribution in [3.8, 4) is 5.75 Å². The fourth-order valence-electron chi connectivity index (χ4n) is 1.95. The summed E-state index contributed by atoms with van der Waals surface area (Å²) in [4.78, 5) is 15.5. The monoisotopic (exact) mass is 248 g/mol. The molecule has 0 radical (unpaired) electrons. The highest BCUT2D eigenvalue weighted by atomic mass is 16.5. The largest absolute Gasteiger partial charge is 0.482 e. The van der Waals surface area contributed by atoms with Gasteiger partial charge in [-0.25, -0.2) is 0 Å². The summed E-state index contributed by atoms with van der Waals surface area (Å²) in [6, 6.07) is 6.08. The van der Waals surface area contributed by atoms with Crippen molar-refractivity contribution in [1.29, 1.82) is 0 Å². The standard InChI is InChI=1S/C14H20N2O2/c1-4-15(2)8-7-11-5-6-13-12(9-11)16(3)14(17)10-18-13/h5-6,9H,4,7-8,10H2,1-3H3. The molecule has 1 aliphatic rings. The number of carbonyl (C=O) groups is 1. The summed E-state index contributed by atoms with van der Waals surface area (Å²) in [5.74, 6) is 0.801. The molecule has 0 saturated carbocycles. The van der Waals surface area contributed by atoms with Crippen molar-refractivity contribution >= 4 is 11.6 Å². The highest BCUT2D eigenvalue weighted by molar-refractivity contribution is 5.97. The van der Waals surface area contributed by atoms with Crippen LogP contribution in [0.3, 0.4) is 0 Å². The van der Waals surface area contributed by atoms with Crippen LogP contribution in [-0.4, -0.2) is 44.6 Å². The molecule has 98 valence electrons. The van der Waals surface area contributed by atoms with Gasteiger partial charge in [-0.05, 0) is 37.7 Å². The molecular formula is C14H20N2O2. The van der Waals surface area contributed by atoms with Crippen molar-refractivity contribution in [2.75, 3.05) is 38.7 Å². The number of carbonyl (C=O) groups excluding carboxylic acids is 1. The predicted octanol–water partition coefficient (Wildman–Crippen LogP) is 1.54. The van der Waals surface area contributed by atoms with Crippen LogP contribution in [0.5, 0.6) is 5.75 Å². The summed E-state index contributed by atoms with van der Waals surface area (Å²) in [5.41, 5.74) is 2.11. The smallest absolute Gasteiger partial charge is 0.264 e. The van der Waals surface area contributed by atoms with Gasteiger partial charge in [-0.2, -0.15) is 0 Å². The van der Waals surface area contributed by atoms with E-state index in [9.17, 15) is 4.79 Å². The first-order chi connectivity index (χ1) is 8.61. The Kier molecular flexibility index (Phi) is 3.87. The lowest BCUT2D eigenvalue weighted by molar-refractivity contribution is -0.120. The number of ether oxygens (including phenoxy) is 1. The second-order valence-corrected chi connectivity index (χ2v) is 4.69. The lowest BCUT2D eigenvalue weighted by atomic mass is 10.1. The molecule has 0 aliphatic carbocycles. The first kappa shape index (κ1) is 12.9. The number of amides is 1. The Labute approximate surface area is 108 Å². The fraction of sp³-hybridized carbons (Fsp3) is 0.500. The third-order valence-corrected chi connectivity index (χ3v) is 3.43. The minimum absolute atomic E-state index is 0.00493. The van der Waals surface area contributed by atoms with Crippen LogP contribution in [0.15, 0.2) is 18.2 Å². The average molecular weight is 248 g/mol. The molecule has 0 spiro atoms. The first-order valence-corrected chi connectivity index (χ1v) is 6.32. The highest BCUT2D eigenvalue weighted by Gasteiger charge is 2.22. The van der Waals surface area contributed by atoms with Crippen molar-refractivity contribution in [3.63, 3.8) is 0 Å². The van der Waals surface area contributed by atoms with E-state index in [0.29, 0.717) is 0 Å². The van der Waals surface area contributed by atoms with E-state index in [4.69, 9.17) is 4.74 Å². The first-order valence-electron chi connectivity index (χ1n) is 6.32. The van der Waals surface area contributed by atoms with Crippen LogP contribution in [0, 0.1) is 0 Å². The van der Waals surface area contributed by atoms with Crippen LogP contribution in [0.2, 0.25) is 0 Å². The Morgan fingerprint density at radius 3 is 2.94 bits per heavy atom. The van der Waals surface area contributed by atoms with Gasteiger partial charge in [0.2, 0.25) is 0 Å². The van der Waals surface area contributed by atoms with Crippen molar-refractivity contribution in [3.05, 3.63) is 23.8 Å². The Balaban J connectivity index is 2.13. The molecule has 0 unspecified atom stereocenters. The molecule has 0 bridgehead atoms. The van der Waals surface area contributed by atoms with E-state index in [1.165, 1.54) is 5.56 Å². The quantitative estimate of drug-likeness (QED) is 0.810. The van der Waals surface area contributed by atoms with Gasteiger partial charge in [-0.3, -0.25) is 4.79 Å². The van der Waals surface area contributed by atoms with Crippen LogP contribution in [0.1, 0.15) is 12.5 Å². The number of anilines is 1. The molecule has 0 saturated heterocycles. The lowest BCUT2D eigenvalue weighted by Crippen LogP contribution is -2.35. The molecule has 1 aromatic rings. The molecule has 2 rings (SSSR count). The van der Waals surface area contributed by atoms with Gasteiger partial charge < -0.3 is 14.5 Å². The second-order valence-electron chi connectivity index (χ2n) is 4.69. The number of likely N-dealkylation sites (N-methyl/N-ethyl adjacent to an activating group) is 2. The highest BCUT2D eigenvalue weighted by Crippen LogP contribution is 2.31. The van der Waals surface area contributed by atoms with Gasteiger partial charge >= 0.3 is 0 Å². The SMILES string of the molecule is CCN(C)CCc1ccc2c(c1)N(C)C(=O)CO2. The molecule has 0 aromatic heterocycles. The number of benzene rings is 1. The van der Waals surface area contributed by atoms with E-state index in [0.717, 1.165) is 30.9 Å². The third-order valence-electron chi connectivity index (χ3n) is 3.43. The average Bonchev–Trinajstić information content (AvgIpc) is 2.40. The summed E-state index contributed by atoms with van der Waals surface area (Å²) in [6.07, 6.45) is 0.986. The predicted molar refractivity (Wildman–Crippen MR) is 72.2 cm³/mol. The van der Waals surface area contributed by atoms with Crippen LogP contribution in [0.4, 0.5) is 5.69 Å². The molecular weight excluding hydrogens is 228 g/mol. The van der Waals surface area contributed by atoms with Crippen molar-refractivity contribution in [1.82, 2.24) is 4.90 Å². The van der Waals surface area contributed by atoms with Crippen LogP contribution >= 0.6 is 0 Å². The maximum absolute atomic E-state index is 11.6. The number of fused-ring (bicyclic) bond motifs is 1. The van der Waals surface area contributed by atoms with E-state index in [1.54, 1.807) is 11.9 Å². The van der Waals surface area contributed by atoms with E-state index in [1.807, 2.05) is 6.07 Å². The van der Waals surface area contributed by atoms with Crippen molar-refractivity contribution in [2.24, 2.45) is 0 Å². The van der Waals surface area contributed by atoms with Crippen LogP contribution in [0.25, 0.3) is 0 Å². The molecule has 1 aromatic carbocycles. The number of nitrogens with zero attached hydrogens (tertiary/aromatic N) is 2. The zero-order valence-corrected chi connectivity index (χ0v) is 11.3. The molecule has 0 atom stereocenters. The summed E-state index contributed by atoms with van der Waals surface area (Å²) in [7, 11) is 3.91. The second kappa shape index (κ2) is 5.40. The third kappa shape index (κ3) is 2.64. The molecule has 1 aliphatic heterocycles. The maximum Gasteiger partial charge on any atom is 0.264 e. The molecule has 0 N–H and O–H groups in total. The van der Waals surface area contributed by atoms with Crippen LogP contribution < -0.4 is 9.64 Å². The maximum atomic E-state index is 11.6. The Morgan fingerprint density at radius 1 is 1.44 bits per heavy atom. The fourth-order valence-corrected chi connectivity index (χ4v) is 1.95. The molecule has 18 heavy (non-hydrogen) atoms. The van der Waals surface area contributed by atoms with Gasteiger partial charge in [0.15, 0.2) is 6.61 Å². The topological polar surface area (TPSA) is 32.8 Å². The number of hydrogen-bond donors (Lipinski definition) is 0. The normalized spacial score (nSPS) is 14.7. The van der Waals surface area contributed by atoms with E-state index < -0.39 is 0 Å². The molecule has 4 nitrogen and oxygen atoms in total. The Hall–Kier alpha value is -1.55. The molecule has 1 amide bonds. The minimum atomic E-state index is 0.00493. The molecule has 4 heteroatoms. The van der Waals surface area contributed by atoms with Gasteiger partial charge in [0.05, 0.1) is 5.69 Å². The summed E-state index contributed by atoms with van der Waals surface area (Å²) < 4.78 is 5.41. The Morgan fingerprint density at radius 2 is 2.22 bits per heavy atom. The van der Waals surface area contributed by atoms with Gasteiger partial charge in [-0.1, -0.05) is 13.0 Å². The molecule has 1 heterocycles. The lowest BCUT2D eigenvalue weighted by Gasteiger charge is -2.26. The van der Waals surface area contributed by atoms with E-state index in [-0.39, 0.29) is 12.5 Å². The van der Waals surface area contributed by atoms with Gasteiger partial charge in [0.1, 0.15) is 5.75 Å². The summed E-state index contributed by atoms with van der Waals surface area (Å²) >= 11 is 0. The molecule has 0 fully saturated rings. The van der Waals surface area contributed by atoms with Crippen molar-refractivity contribution < 1.29 is 9.53 Å². The Bertz CT molecular complexity index is 445. The van der Waals surface area contributed by atoms with E-state index in [2.05, 4.69) is 31.0 Å². The van der Waals surface area contributed by atoms with E-state index >= 15 is 0 Å². The zero-order valence-electron chi connectivity index (χ0n) is 11.3. The van der Waals surface area contributed by atoms with Gasteiger partial charge in [0.25, 0.3) is 5.91 Å².